The summed E-state index contributed by atoms with van der Waals surface area (Å²) < 4.78 is 16.6. The maximum Gasteiger partial charge on any atom is 0.324 e. The molecular formula is C28H38N4O5. The molecule has 0 radical (unpaired) electrons. The lowest BCUT2D eigenvalue weighted by atomic mass is 9.94. The Morgan fingerprint density at radius 2 is 1.95 bits per heavy atom. The predicted octanol–water partition coefficient (Wildman–Crippen LogP) is 5.57. The van der Waals surface area contributed by atoms with Gasteiger partial charge < -0.3 is 29.0 Å². The van der Waals surface area contributed by atoms with E-state index < -0.39 is 0 Å². The number of urea groups is 2. The van der Waals surface area contributed by atoms with Crippen LogP contribution in [0.25, 0.3) is 0 Å². The Bertz CT molecular complexity index is 1160. The zero-order valence-corrected chi connectivity index (χ0v) is 22.5. The fraction of sp³-hybridized carbons (Fsp3) is 0.500. The molecule has 2 aliphatic rings. The molecule has 0 bridgehead atoms. The molecule has 9 nitrogen and oxygen atoms in total. The highest BCUT2D eigenvalue weighted by Crippen LogP contribution is 2.39. The van der Waals surface area contributed by atoms with Crippen molar-refractivity contribution in [2.75, 3.05) is 45.7 Å². The zero-order chi connectivity index (χ0) is 26.5. The molecular weight excluding hydrogens is 472 g/mol. The Balaban J connectivity index is 1.62. The molecule has 1 aromatic heterocycles. The summed E-state index contributed by atoms with van der Waals surface area (Å²) in [6, 6.07) is 5.50. The highest BCUT2D eigenvalue weighted by Gasteiger charge is 2.30. The fourth-order valence-corrected chi connectivity index (χ4v) is 5.22. The van der Waals surface area contributed by atoms with E-state index in [0.717, 1.165) is 29.0 Å². The third-order valence-corrected chi connectivity index (χ3v) is 7.22. The molecule has 1 aromatic carbocycles. The number of aryl methyl sites for hydroxylation is 1. The van der Waals surface area contributed by atoms with Crippen molar-refractivity contribution in [1.82, 2.24) is 14.7 Å². The van der Waals surface area contributed by atoms with Crippen LogP contribution >= 0.6 is 0 Å². The Kier molecular flexibility index (Phi) is 8.31. The number of methoxy groups -OCH3 is 2. The second-order valence-electron chi connectivity index (χ2n) is 9.56. The zero-order valence-electron chi connectivity index (χ0n) is 22.5. The number of benzene rings is 1. The first kappa shape index (κ1) is 26.4. The van der Waals surface area contributed by atoms with Crippen LogP contribution in [0.5, 0.6) is 11.5 Å². The molecule has 37 heavy (non-hydrogen) atoms. The third kappa shape index (κ3) is 5.70. The number of amides is 4. The second-order valence-corrected chi connectivity index (χ2v) is 9.56. The smallest absolute Gasteiger partial charge is 0.324 e. The van der Waals surface area contributed by atoms with Crippen molar-refractivity contribution in [2.45, 2.75) is 52.5 Å². The number of carbonyl (C=O) groups excluding carboxylic acids is 2. The molecule has 1 unspecified atom stereocenters. The Morgan fingerprint density at radius 1 is 1.16 bits per heavy atom. The lowest BCUT2D eigenvalue weighted by Crippen LogP contribution is -2.43. The van der Waals surface area contributed by atoms with Crippen LogP contribution in [0.4, 0.5) is 15.3 Å². The summed E-state index contributed by atoms with van der Waals surface area (Å²) in [5, 5.41) is 2.96. The quantitative estimate of drug-likeness (QED) is 0.581. The molecule has 0 aliphatic carbocycles. The van der Waals surface area contributed by atoms with Crippen LogP contribution in [0.3, 0.4) is 0 Å². The second kappa shape index (κ2) is 11.6. The fourth-order valence-electron chi connectivity index (χ4n) is 5.22. The van der Waals surface area contributed by atoms with Crippen molar-refractivity contribution in [3.05, 3.63) is 53.1 Å². The minimum atomic E-state index is -0.151. The molecule has 1 atom stereocenters. The van der Waals surface area contributed by atoms with Gasteiger partial charge in [0.25, 0.3) is 0 Å². The number of nitrogens with zero attached hydrogens (tertiary/aromatic N) is 3. The minimum Gasteiger partial charge on any atom is -0.497 e. The average Bonchev–Trinajstić information content (AvgIpc) is 3.22. The lowest BCUT2D eigenvalue weighted by Gasteiger charge is -2.31. The number of carbonyl (C=O) groups is 2. The minimum absolute atomic E-state index is 0.0116. The van der Waals surface area contributed by atoms with Gasteiger partial charge in [0.1, 0.15) is 17.3 Å². The van der Waals surface area contributed by atoms with Crippen LogP contribution in [0.1, 0.15) is 55.9 Å². The average molecular weight is 511 g/mol. The van der Waals surface area contributed by atoms with Crippen LogP contribution in [-0.2, 0) is 6.54 Å². The monoisotopic (exact) mass is 510 g/mol. The van der Waals surface area contributed by atoms with E-state index in [1.807, 2.05) is 40.7 Å². The van der Waals surface area contributed by atoms with Crippen LogP contribution < -0.4 is 14.8 Å². The highest BCUT2D eigenvalue weighted by atomic mass is 16.5. The van der Waals surface area contributed by atoms with Gasteiger partial charge in [-0.05, 0) is 44.7 Å². The summed E-state index contributed by atoms with van der Waals surface area (Å²) in [5.41, 5.74) is 3.74. The molecule has 2 aliphatic heterocycles. The normalized spacial score (nSPS) is 18.7. The summed E-state index contributed by atoms with van der Waals surface area (Å²) in [4.78, 5) is 32.5. The van der Waals surface area contributed by atoms with Gasteiger partial charge in [-0.25, -0.2) is 9.59 Å². The first-order valence-electron chi connectivity index (χ1n) is 13.0. The van der Waals surface area contributed by atoms with Crippen molar-refractivity contribution in [2.24, 2.45) is 0 Å². The van der Waals surface area contributed by atoms with Crippen molar-refractivity contribution in [3.63, 3.8) is 0 Å². The number of hydrogen-bond acceptors (Lipinski definition) is 5. The largest absolute Gasteiger partial charge is 0.497 e. The Labute approximate surface area is 219 Å². The maximum absolute atomic E-state index is 13.8. The molecule has 0 spiro atoms. The standard InChI is InChI=1S/C28H38N4O5/c1-6-30-12-8-13-31(27(33)29-24-10-14-37-20(24)3)11-7-9-22-15-19(2)26-21(18-32(22)28(30)34)16-23(35-4)17-25(26)36-5/h10,14-17,19H,6-9,11-13,18H2,1-5H3,(H,29,33). The SMILES string of the molecule is CCN1CCCN(C(=O)Nc2ccoc2C)CCCC2=CC(C)c3c(cc(OC)cc3OC)CN2C1=O. The molecule has 1 saturated heterocycles. The van der Waals surface area contributed by atoms with Gasteiger partial charge in [0.2, 0.25) is 0 Å². The van der Waals surface area contributed by atoms with E-state index in [1.165, 1.54) is 0 Å². The number of allylic oxidation sites excluding steroid dienone is 2. The molecule has 1 fully saturated rings. The van der Waals surface area contributed by atoms with E-state index >= 15 is 0 Å². The molecule has 2 aromatic rings. The van der Waals surface area contributed by atoms with Gasteiger partial charge in [-0.3, -0.25) is 4.90 Å². The summed E-state index contributed by atoms with van der Waals surface area (Å²) in [5.74, 6) is 2.19. The van der Waals surface area contributed by atoms with E-state index in [4.69, 9.17) is 13.9 Å². The number of anilines is 1. The number of fused-ring (bicyclic) bond motifs is 2. The summed E-state index contributed by atoms with van der Waals surface area (Å²) in [7, 11) is 3.30. The van der Waals surface area contributed by atoms with Gasteiger partial charge in [-0.15, -0.1) is 0 Å². The van der Waals surface area contributed by atoms with Gasteiger partial charge >= 0.3 is 12.1 Å². The number of nitrogens with one attached hydrogen (secondary N) is 1. The van der Waals surface area contributed by atoms with Crippen LogP contribution in [0, 0.1) is 6.92 Å². The van der Waals surface area contributed by atoms with E-state index in [2.05, 4.69) is 18.3 Å². The van der Waals surface area contributed by atoms with Gasteiger partial charge in [0, 0.05) is 55.5 Å². The third-order valence-electron chi connectivity index (χ3n) is 7.22. The molecule has 200 valence electrons. The molecule has 4 rings (SSSR count). The number of hydrogen-bond donors (Lipinski definition) is 1. The molecule has 3 heterocycles. The summed E-state index contributed by atoms with van der Waals surface area (Å²) in [6.45, 7) is 8.71. The first-order chi connectivity index (χ1) is 17.9. The van der Waals surface area contributed by atoms with Crippen molar-refractivity contribution < 1.29 is 23.5 Å². The van der Waals surface area contributed by atoms with Gasteiger partial charge in [-0.1, -0.05) is 13.0 Å². The van der Waals surface area contributed by atoms with E-state index in [0.29, 0.717) is 62.8 Å². The van der Waals surface area contributed by atoms with Gasteiger partial charge in [0.15, 0.2) is 0 Å². The Morgan fingerprint density at radius 3 is 2.62 bits per heavy atom. The van der Waals surface area contributed by atoms with Crippen LogP contribution in [0.15, 0.2) is 40.7 Å². The maximum atomic E-state index is 13.8. The van der Waals surface area contributed by atoms with Crippen molar-refractivity contribution >= 4 is 17.7 Å². The molecule has 1 N–H and O–H groups in total. The molecule has 9 heteroatoms. The van der Waals surface area contributed by atoms with E-state index in [-0.39, 0.29) is 18.0 Å². The van der Waals surface area contributed by atoms with E-state index in [9.17, 15) is 9.59 Å². The van der Waals surface area contributed by atoms with Crippen molar-refractivity contribution in [3.8, 4) is 11.5 Å². The summed E-state index contributed by atoms with van der Waals surface area (Å²) >= 11 is 0. The van der Waals surface area contributed by atoms with Gasteiger partial charge in [0.05, 0.1) is 32.7 Å². The van der Waals surface area contributed by atoms with Gasteiger partial charge in [-0.2, -0.15) is 0 Å². The number of ether oxygens (including phenoxy) is 2. The highest BCUT2D eigenvalue weighted by molar-refractivity contribution is 5.89. The summed E-state index contributed by atoms with van der Waals surface area (Å²) in [6.07, 6.45) is 5.85. The lowest BCUT2D eigenvalue weighted by molar-refractivity contribution is 0.163. The Hall–Kier alpha value is -3.62. The number of furan rings is 1. The predicted molar refractivity (Wildman–Crippen MR) is 142 cm³/mol. The first-order valence-corrected chi connectivity index (χ1v) is 13.0. The van der Waals surface area contributed by atoms with Crippen LogP contribution in [-0.4, -0.2) is 67.2 Å². The van der Waals surface area contributed by atoms with Crippen LogP contribution in [0.2, 0.25) is 0 Å². The van der Waals surface area contributed by atoms with E-state index in [1.54, 1.807) is 26.5 Å². The van der Waals surface area contributed by atoms with Crippen molar-refractivity contribution in [1.29, 1.82) is 0 Å². The topological polar surface area (TPSA) is 87.5 Å². The number of rotatable bonds is 4. The molecule has 0 saturated carbocycles. The molecule has 4 amide bonds.